The van der Waals surface area contributed by atoms with Gasteiger partial charge in [-0.3, -0.25) is 9.89 Å². The van der Waals surface area contributed by atoms with Gasteiger partial charge in [-0.2, -0.15) is 9.90 Å². The number of carbonyl (C=O) groups excluding carboxylic acids is 1. The molecule has 5 rings (SSSR count). The summed E-state index contributed by atoms with van der Waals surface area (Å²) >= 11 is 0. The van der Waals surface area contributed by atoms with Gasteiger partial charge in [-0.05, 0) is 41.0 Å². The molecular formula is C25H24N8O2. The van der Waals surface area contributed by atoms with E-state index in [0.717, 1.165) is 34.0 Å². The molecule has 5 aromatic rings. The number of nitrogens with one attached hydrogen (secondary N) is 2. The second kappa shape index (κ2) is 9.34. The number of methoxy groups -OCH3 is 1. The van der Waals surface area contributed by atoms with Crippen LogP contribution in [0.25, 0.3) is 33.4 Å². The van der Waals surface area contributed by atoms with E-state index in [1.165, 1.54) is 0 Å². The Labute approximate surface area is 201 Å². The van der Waals surface area contributed by atoms with Gasteiger partial charge in [0, 0.05) is 24.2 Å². The van der Waals surface area contributed by atoms with Gasteiger partial charge >= 0.3 is 0 Å². The fourth-order valence-corrected chi connectivity index (χ4v) is 4.10. The van der Waals surface area contributed by atoms with E-state index in [-0.39, 0.29) is 11.9 Å². The third-order valence-electron chi connectivity index (χ3n) is 5.90. The van der Waals surface area contributed by atoms with Crippen molar-refractivity contribution >= 4 is 16.8 Å². The monoisotopic (exact) mass is 468 g/mol. The Bertz CT molecular complexity index is 1490. The van der Waals surface area contributed by atoms with Gasteiger partial charge in [0.05, 0.1) is 24.2 Å². The zero-order chi connectivity index (χ0) is 24.4. The summed E-state index contributed by atoms with van der Waals surface area (Å²) in [5.74, 6) is 0.591. The van der Waals surface area contributed by atoms with Gasteiger partial charge in [-0.1, -0.05) is 43.3 Å². The van der Waals surface area contributed by atoms with Crippen LogP contribution in [0.15, 0.2) is 60.8 Å². The van der Waals surface area contributed by atoms with Gasteiger partial charge in [0.25, 0.3) is 5.91 Å². The van der Waals surface area contributed by atoms with Gasteiger partial charge in [-0.15, -0.1) is 10.2 Å². The van der Waals surface area contributed by atoms with Crippen molar-refractivity contribution in [3.05, 3.63) is 72.1 Å². The topological polar surface area (TPSA) is 124 Å². The Morgan fingerprint density at radius 3 is 2.71 bits per heavy atom. The molecule has 0 aliphatic carbocycles. The summed E-state index contributed by atoms with van der Waals surface area (Å²) < 4.78 is 5.49. The van der Waals surface area contributed by atoms with Gasteiger partial charge in [0.1, 0.15) is 0 Å². The van der Waals surface area contributed by atoms with Crippen LogP contribution in [0.2, 0.25) is 0 Å². The molecule has 0 fully saturated rings. The van der Waals surface area contributed by atoms with Crippen molar-refractivity contribution < 1.29 is 9.53 Å². The van der Waals surface area contributed by atoms with E-state index in [4.69, 9.17) is 4.74 Å². The highest BCUT2D eigenvalue weighted by Gasteiger charge is 2.20. The molecule has 0 spiro atoms. The molecule has 1 amide bonds. The highest BCUT2D eigenvalue weighted by Crippen LogP contribution is 2.32. The lowest BCUT2D eigenvalue weighted by molar-refractivity contribution is 0.0959. The number of pyridine rings is 1. The van der Waals surface area contributed by atoms with Crippen molar-refractivity contribution in [2.24, 2.45) is 0 Å². The largest absolute Gasteiger partial charge is 0.480 e. The first-order valence-electron chi connectivity index (χ1n) is 11.2. The highest BCUT2D eigenvalue weighted by molar-refractivity contribution is 6.05. The molecule has 10 heteroatoms. The van der Waals surface area contributed by atoms with E-state index in [2.05, 4.69) is 55.0 Å². The smallest absolute Gasteiger partial charge is 0.272 e. The molecule has 0 aliphatic rings. The number of rotatable bonds is 7. The molecule has 3 heterocycles. The predicted molar refractivity (Wildman–Crippen MR) is 131 cm³/mol. The fourth-order valence-electron chi connectivity index (χ4n) is 4.10. The minimum Gasteiger partial charge on any atom is -0.480 e. The molecule has 0 radical (unpaired) electrons. The zero-order valence-corrected chi connectivity index (χ0v) is 19.6. The number of aromatic nitrogens is 7. The van der Waals surface area contributed by atoms with Crippen LogP contribution in [-0.4, -0.2) is 55.5 Å². The number of hydrogen-bond donors (Lipinski definition) is 2. The number of amides is 1. The third kappa shape index (κ3) is 4.10. The van der Waals surface area contributed by atoms with Crippen LogP contribution in [0, 0.1) is 0 Å². The van der Waals surface area contributed by atoms with E-state index < -0.39 is 0 Å². The van der Waals surface area contributed by atoms with Crippen molar-refractivity contribution in [1.82, 2.24) is 40.7 Å². The molecule has 35 heavy (non-hydrogen) atoms. The SMILES string of the molecule is CCC(c1ccccc1)n1nnc(-c2cc(-c3ccc4c(C(=O)NC)n[nH]c4c3)cnc2OC)n1. The van der Waals surface area contributed by atoms with E-state index in [1.807, 2.05) is 42.5 Å². The van der Waals surface area contributed by atoms with Crippen LogP contribution < -0.4 is 10.1 Å². The average molecular weight is 469 g/mol. The molecule has 0 saturated heterocycles. The minimum absolute atomic E-state index is 0.0307. The summed E-state index contributed by atoms with van der Waals surface area (Å²) in [6.07, 6.45) is 2.54. The number of hydrogen-bond acceptors (Lipinski definition) is 7. The van der Waals surface area contributed by atoms with Crippen molar-refractivity contribution in [2.75, 3.05) is 14.2 Å². The number of carbonyl (C=O) groups is 1. The lowest BCUT2D eigenvalue weighted by Gasteiger charge is -2.13. The van der Waals surface area contributed by atoms with Crippen molar-refractivity contribution in [3.8, 4) is 28.4 Å². The molecule has 0 aliphatic heterocycles. The first-order chi connectivity index (χ1) is 17.1. The molecule has 3 aromatic heterocycles. The first kappa shape index (κ1) is 22.2. The van der Waals surface area contributed by atoms with Crippen LogP contribution in [-0.2, 0) is 0 Å². The van der Waals surface area contributed by atoms with Gasteiger partial charge < -0.3 is 10.1 Å². The molecule has 0 saturated carbocycles. The normalized spacial score (nSPS) is 12.0. The average Bonchev–Trinajstić information content (AvgIpc) is 3.56. The number of benzene rings is 2. The molecule has 10 nitrogen and oxygen atoms in total. The van der Waals surface area contributed by atoms with E-state index in [9.17, 15) is 4.79 Å². The van der Waals surface area contributed by atoms with Crippen LogP contribution in [0.1, 0.15) is 35.4 Å². The first-order valence-corrected chi connectivity index (χ1v) is 11.2. The van der Waals surface area contributed by atoms with Crippen molar-refractivity contribution in [3.63, 3.8) is 0 Å². The maximum atomic E-state index is 12.0. The molecule has 2 N–H and O–H groups in total. The molecule has 1 atom stereocenters. The Balaban J connectivity index is 1.52. The summed E-state index contributed by atoms with van der Waals surface area (Å²) in [5, 5.41) is 23.7. The van der Waals surface area contributed by atoms with Crippen LogP contribution in [0.3, 0.4) is 0 Å². The number of H-pyrrole nitrogens is 1. The third-order valence-corrected chi connectivity index (χ3v) is 5.90. The van der Waals surface area contributed by atoms with E-state index in [0.29, 0.717) is 23.0 Å². The maximum Gasteiger partial charge on any atom is 0.272 e. The Hall–Kier alpha value is -4.60. The van der Waals surface area contributed by atoms with Crippen molar-refractivity contribution in [1.29, 1.82) is 0 Å². The quantitative estimate of drug-likeness (QED) is 0.374. The summed E-state index contributed by atoms with van der Waals surface area (Å²) in [4.78, 5) is 18.2. The highest BCUT2D eigenvalue weighted by atomic mass is 16.5. The molecule has 1 unspecified atom stereocenters. The Kier molecular flexibility index (Phi) is 5.92. The van der Waals surface area contributed by atoms with Gasteiger partial charge in [0.15, 0.2) is 5.69 Å². The minimum atomic E-state index is -0.243. The Morgan fingerprint density at radius 2 is 1.97 bits per heavy atom. The lowest BCUT2D eigenvalue weighted by atomic mass is 10.0. The summed E-state index contributed by atoms with van der Waals surface area (Å²) in [6, 6.07) is 17.7. The van der Waals surface area contributed by atoms with E-state index >= 15 is 0 Å². The fraction of sp³-hybridized carbons (Fsp3) is 0.200. The number of ether oxygens (including phenoxy) is 1. The van der Waals surface area contributed by atoms with Crippen LogP contribution in [0.4, 0.5) is 0 Å². The summed E-state index contributed by atoms with van der Waals surface area (Å²) in [6.45, 7) is 2.09. The molecule has 176 valence electrons. The molecule has 2 aromatic carbocycles. The van der Waals surface area contributed by atoms with Gasteiger partial charge in [-0.25, -0.2) is 4.98 Å². The van der Waals surface area contributed by atoms with Crippen LogP contribution in [0.5, 0.6) is 5.88 Å². The summed E-state index contributed by atoms with van der Waals surface area (Å²) in [7, 11) is 3.14. The molecular weight excluding hydrogens is 444 g/mol. The molecule has 0 bridgehead atoms. The Morgan fingerprint density at radius 1 is 1.14 bits per heavy atom. The van der Waals surface area contributed by atoms with E-state index in [1.54, 1.807) is 25.2 Å². The van der Waals surface area contributed by atoms with Crippen molar-refractivity contribution in [2.45, 2.75) is 19.4 Å². The van der Waals surface area contributed by atoms with Crippen LogP contribution >= 0.6 is 0 Å². The number of fused-ring (bicyclic) bond motifs is 1. The summed E-state index contributed by atoms with van der Waals surface area (Å²) in [5.41, 5.74) is 4.58. The lowest BCUT2D eigenvalue weighted by Crippen LogP contribution is -2.18. The second-order valence-electron chi connectivity index (χ2n) is 7.96. The zero-order valence-electron chi connectivity index (χ0n) is 19.6. The predicted octanol–water partition coefficient (Wildman–Crippen LogP) is 3.65. The standard InChI is InChI=1S/C25H24N8O2/c1-4-21(15-8-6-5-7-9-15)33-31-23(30-32-33)19-12-17(14-27-25(19)35-3)16-10-11-18-20(13-16)28-29-22(18)24(34)26-2/h5-14,21H,4H2,1-3H3,(H,26,34)(H,28,29). The number of nitrogens with zero attached hydrogens (tertiary/aromatic N) is 6. The second-order valence-corrected chi connectivity index (χ2v) is 7.96. The number of aromatic amines is 1. The number of tetrazole rings is 1. The maximum absolute atomic E-state index is 12.0. The van der Waals surface area contributed by atoms with Gasteiger partial charge in [0.2, 0.25) is 11.7 Å².